The van der Waals surface area contributed by atoms with Gasteiger partial charge in [-0.05, 0) is 37.5 Å². The molecular weight excluding hydrogens is 356 g/mol. The highest BCUT2D eigenvalue weighted by atomic mass is 16.5. The summed E-state index contributed by atoms with van der Waals surface area (Å²) >= 11 is 0. The standard InChI is InChI=1S/C21H26N4O3/c1-6-11(2)17(19-23-14-9-7-8-10-15(14)24-19)25-20(26)18-12(3)16(13(4)22-18)21(27)28-5/h7-11,17,22H,6H2,1-5H3,(H,23,24)(H,25,26). The van der Waals surface area contributed by atoms with Gasteiger partial charge in [0.05, 0.1) is 29.7 Å². The number of amides is 1. The highest BCUT2D eigenvalue weighted by molar-refractivity contribution is 6.00. The van der Waals surface area contributed by atoms with E-state index in [1.165, 1.54) is 7.11 Å². The van der Waals surface area contributed by atoms with Crippen LogP contribution in [0.4, 0.5) is 0 Å². The van der Waals surface area contributed by atoms with Crippen LogP contribution in [0.5, 0.6) is 0 Å². The van der Waals surface area contributed by atoms with Crippen LogP contribution in [-0.4, -0.2) is 33.9 Å². The summed E-state index contributed by atoms with van der Waals surface area (Å²) in [5.41, 5.74) is 3.74. The normalized spacial score (nSPS) is 13.3. The topological polar surface area (TPSA) is 99.9 Å². The van der Waals surface area contributed by atoms with E-state index in [0.717, 1.165) is 23.3 Å². The van der Waals surface area contributed by atoms with Crippen molar-refractivity contribution in [3.63, 3.8) is 0 Å². The molecule has 0 spiro atoms. The Labute approximate surface area is 163 Å². The van der Waals surface area contributed by atoms with Crippen LogP contribution in [0.3, 0.4) is 0 Å². The lowest BCUT2D eigenvalue weighted by Gasteiger charge is -2.22. The second-order valence-corrected chi connectivity index (χ2v) is 7.09. The van der Waals surface area contributed by atoms with Gasteiger partial charge in [0.15, 0.2) is 0 Å². The second kappa shape index (κ2) is 7.88. The van der Waals surface area contributed by atoms with Crippen LogP contribution in [0.1, 0.15) is 64.2 Å². The fourth-order valence-corrected chi connectivity index (χ4v) is 3.43. The van der Waals surface area contributed by atoms with Gasteiger partial charge in [0.1, 0.15) is 11.5 Å². The van der Waals surface area contributed by atoms with Crippen molar-refractivity contribution in [1.29, 1.82) is 0 Å². The molecule has 2 aromatic heterocycles. The number of carbonyl (C=O) groups excluding carboxylic acids is 2. The minimum Gasteiger partial charge on any atom is -0.465 e. The largest absolute Gasteiger partial charge is 0.465 e. The van der Waals surface area contributed by atoms with Crippen molar-refractivity contribution in [2.45, 2.75) is 40.2 Å². The highest BCUT2D eigenvalue weighted by Crippen LogP contribution is 2.26. The molecule has 2 unspecified atom stereocenters. The molecule has 28 heavy (non-hydrogen) atoms. The zero-order valence-corrected chi connectivity index (χ0v) is 16.8. The lowest BCUT2D eigenvalue weighted by molar-refractivity contribution is 0.0599. The molecule has 2 atom stereocenters. The first-order valence-corrected chi connectivity index (χ1v) is 9.40. The van der Waals surface area contributed by atoms with E-state index in [1.54, 1.807) is 13.8 Å². The lowest BCUT2D eigenvalue weighted by Crippen LogP contribution is -2.33. The van der Waals surface area contributed by atoms with E-state index in [-0.39, 0.29) is 17.9 Å². The summed E-state index contributed by atoms with van der Waals surface area (Å²) in [6.07, 6.45) is 0.873. The number of H-pyrrole nitrogens is 2. The smallest absolute Gasteiger partial charge is 0.339 e. The molecule has 0 aliphatic carbocycles. The molecule has 0 radical (unpaired) electrons. The van der Waals surface area contributed by atoms with Crippen molar-refractivity contribution in [1.82, 2.24) is 20.3 Å². The van der Waals surface area contributed by atoms with Crippen molar-refractivity contribution < 1.29 is 14.3 Å². The maximum absolute atomic E-state index is 13.0. The number of para-hydroxylation sites is 2. The number of imidazole rings is 1. The molecule has 1 amide bonds. The van der Waals surface area contributed by atoms with E-state index < -0.39 is 5.97 Å². The van der Waals surface area contributed by atoms with Crippen LogP contribution in [0, 0.1) is 19.8 Å². The summed E-state index contributed by atoms with van der Waals surface area (Å²) in [5.74, 6) is 0.154. The lowest BCUT2D eigenvalue weighted by atomic mass is 9.98. The van der Waals surface area contributed by atoms with Crippen LogP contribution in [-0.2, 0) is 4.74 Å². The molecule has 1 aromatic carbocycles. The maximum Gasteiger partial charge on any atom is 0.339 e. The molecule has 148 valence electrons. The van der Waals surface area contributed by atoms with Crippen molar-refractivity contribution >= 4 is 22.9 Å². The monoisotopic (exact) mass is 382 g/mol. The van der Waals surface area contributed by atoms with Crippen molar-refractivity contribution in [3.05, 3.63) is 52.6 Å². The van der Waals surface area contributed by atoms with Gasteiger partial charge >= 0.3 is 5.97 Å². The molecule has 0 bridgehead atoms. The van der Waals surface area contributed by atoms with Gasteiger partial charge in [-0.15, -0.1) is 0 Å². The average Bonchev–Trinajstić information content (AvgIpc) is 3.25. The molecular formula is C21H26N4O3. The van der Waals surface area contributed by atoms with Gasteiger partial charge in [-0.2, -0.15) is 0 Å². The fourth-order valence-electron chi connectivity index (χ4n) is 3.43. The molecule has 3 rings (SSSR count). The quantitative estimate of drug-likeness (QED) is 0.564. The predicted octanol–water partition coefficient (Wildman–Crippen LogP) is 3.81. The van der Waals surface area contributed by atoms with Gasteiger partial charge in [0.25, 0.3) is 5.91 Å². The Morgan fingerprint density at radius 2 is 1.93 bits per heavy atom. The van der Waals surface area contributed by atoms with Crippen molar-refractivity contribution in [3.8, 4) is 0 Å². The van der Waals surface area contributed by atoms with E-state index in [1.807, 2.05) is 24.3 Å². The minimum absolute atomic E-state index is 0.168. The molecule has 0 fully saturated rings. The number of nitrogens with zero attached hydrogens (tertiary/aromatic N) is 1. The summed E-state index contributed by atoms with van der Waals surface area (Å²) in [4.78, 5) is 36.0. The Bertz CT molecular complexity index is 985. The molecule has 0 aliphatic rings. The fraction of sp³-hybridized carbons (Fsp3) is 0.381. The third-order valence-electron chi connectivity index (χ3n) is 5.26. The number of aryl methyl sites for hydroxylation is 1. The van der Waals surface area contributed by atoms with Gasteiger partial charge in [-0.1, -0.05) is 32.4 Å². The third kappa shape index (κ3) is 3.52. The van der Waals surface area contributed by atoms with E-state index >= 15 is 0 Å². The zero-order valence-electron chi connectivity index (χ0n) is 16.8. The minimum atomic E-state index is -0.457. The molecule has 2 heterocycles. The number of carbonyl (C=O) groups is 2. The van der Waals surface area contributed by atoms with Gasteiger partial charge in [-0.25, -0.2) is 9.78 Å². The van der Waals surface area contributed by atoms with Crippen molar-refractivity contribution in [2.75, 3.05) is 7.11 Å². The first-order valence-electron chi connectivity index (χ1n) is 9.40. The first kappa shape index (κ1) is 19.7. The number of methoxy groups -OCH3 is 1. The molecule has 0 saturated carbocycles. The third-order valence-corrected chi connectivity index (χ3v) is 5.26. The zero-order chi connectivity index (χ0) is 20.4. The summed E-state index contributed by atoms with van der Waals surface area (Å²) in [6, 6.07) is 7.49. The number of hydrogen-bond acceptors (Lipinski definition) is 4. The SMILES string of the molecule is CCC(C)C(NC(=O)c1[nH]c(C)c(C(=O)OC)c1C)c1nc2ccccc2[nH]1. The van der Waals surface area contributed by atoms with E-state index in [0.29, 0.717) is 22.5 Å². The average molecular weight is 382 g/mol. The highest BCUT2D eigenvalue weighted by Gasteiger charge is 2.27. The summed E-state index contributed by atoms with van der Waals surface area (Å²) < 4.78 is 4.83. The Morgan fingerprint density at radius 1 is 1.21 bits per heavy atom. The molecule has 0 saturated heterocycles. The van der Waals surface area contributed by atoms with Crippen LogP contribution >= 0.6 is 0 Å². The maximum atomic E-state index is 13.0. The Hall–Kier alpha value is -3.09. The van der Waals surface area contributed by atoms with Crippen LogP contribution in [0.15, 0.2) is 24.3 Å². The predicted molar refractivity (Wildman–Crippen MR) is 107 cm³/mol. The van der Waals surface area contributed by atoms with E-state index in [4.69, 9.17) is 4.74 Å². The summed E-state index contributed by atoms with van der Waals surface area (Å²) in [5, 5.41) is 3.08. The molecule has 3 aromatic rings. The Balaban J connectivity index is 1.93. The summed E-state index contributed by atoms with van der Waals surface area (Å²) in [6.45, 7) is 7.64. The number of rotatable bonds is 6. The molecule has 7 nitrogen and oxygen atoms in total. The second-order valence-electron chi connectivity index (χ2n) is 7.09. The van der Waals surface area contributed by atoms with Crippen molar-refractivity contribution in [2.24, 2.45) is 5.92 Å². The van der Waals surface area contributed by atoms with Gasteiger partial charge in [0, 0.05) is 5.69 Å². The van der Waals surface area contributed by atoms with Crippen LogP contribution < -0.4 is 5.32 Å². The Kier molecular flexibility index (Phi) is 5.53. The number of nitrogens with one attached hydrogen (secondary N) is 3. The number of aromatic amines is 2. The van der Waals surface area contributed by atoms with Gasteiger partial charge < -0.3 is 20.0 Å². The number of ether oxygens (including phenoxy) is 1. The van der Waals surface area contributed by atoms with E-state index in [9.17, 15) is 9.59 Å². The number of hydrogen-bond donors (Lipinski definition) is 3. The number of fused-ring (bicyclic) bond motifs is 1. The molecule has 3 N–H and O–H groups in total. The van der Waals surface area contributed by atoms with Crippen LogP contribution in [0.25, 0.3) is 11.0 Å². The first-order chi connectivity index (χ1) is 13.4. The number of aromatic nitrogens is 3. The van der Waals surface area contributed by atoms with Crippen LogP contribution in [0.2, 0.25) is 0 Å². The Morgan fingerprint density at radius 3 is 2.57 bits per heavy atom. The number of esters is 1. The molecule has 7 heteroatoms. The van der Waals surface area contributed by atoms with Gasteiger partial charge in [-0.3, -0.25) is 4.79 Å². The van der Waals surface area contributed by atoms with Gasteiger partial charge in [0.2, 0.25) is 0 Å². The summed E-state index contributed by atoms with van der Waals surface area (Å²) in [7, 11) is 1.33. The van der Waals surface area contributed by atoms with E-state index in [2.05, 4.69) is 34.1 Å². The molecule has 0 aliphatic heterocycles. The number of benzene rings is 1.